The Labute approximate surface area is 461 Å². The molecular weight excluding hydrogens is 969 g/mol. The van der Waals surface area contributed by atoms with Crippen molar-refractivity contribution in [1.29, 1.82) is 0 Å². The number of carbonyl (C=O) groups excluding carboxylic acids is 1. The Bertz CT molecular complexity index is 1440. The van der Waals surface area contributed by atoms with Gasteiger partial charge in [-0.05, 0) is 51.4 Å². The molecule has 7 N–H and O–H groups in total. The Hall–Kier alpha value is -2.05. The number of aliphatic hydroxyl groups excluding tert-OH is 7. The smallest absolute Gasteiger partial charge is 0.306 e. The molecular formula is C62H112O14. The third-order valence-electron chi connectivity index (χ3n) is 14.6. The number of aliphatic hydroxyl groups is 7. The van der Waals surface area contributed by atoms with E-state index in [1.807, 2.05) is 0 Å². The van der Waals surface area contributed by atoms with Crippen LogP contribution in [0.3, 0.4) is 0 Å². The number of carbonyl (C=O) groups is 1. The van der Waals surface area contributed by atoms with Crippen LogP contribution in [-0.4, -0.2) is 142 Å². The number of unbranched alkanes of at least 4 members (excludes halogenated alkanes) is 28. The third-order valence-corrected chi connectivity index (χ3v) is 14.6. The molecule has 2 fully saturated rings. The molecule has 0 aromatic rings. The van der Waals surface area contributed by atoms with Crippen molar-refractivity contribution >= 4 is 5.97 Å². The Morgan fingerprint density at radius 3 is 1.34 bits per heavy atom. The number of allylic oxidation sites excluding steroid dienone is 8. The summed E-state index contributed by atoms with van der Waals surface area (Å²) in [7, 11) is 0. The maximum Gasteiger partial charge on any atom is 0.306 e. The second-order valence-corrected chi connectivity index (χ2v) is 21.5. The molecule has 2 heterocycles. The lowest BCUT2D eigenvalue weighted by Gasteiger charge is -2.42. The largest absolute Gasteiger partial charge is 0.457 e. The molecule has 11 unspecified atom stereocenters. The van der Waals surface area contributed by atoms with E-state index in [1.165, 1.54) is 141 Å². The Balaban J connectivity index is 1.68. The van der Waals surface area contributed by atoms with Gasteiger partial charge in [-0.2, -0.15) is 0 Å². The minimum Gasteiger partial charge on any atom is -0.457 e. The van der Waals surface area contributed by atoms with Crippen LogP contribution in [0.15, 0.2) is 48.6 Å². The lowest BCUT2D eigenvalue weighted by atomic mass is 9.98. The SMILES string of the molecule is CC/C=C\C/C=C\C/C=C\C/C=C\CCCCCCCCCCCCCCC(=O)OC(COCCCCCCCCCCCCCCCCCCC)COC1OC(COC2OC(CO)C(O)C(O)C2O)C(O)C(O)C1O. The highest BCUT2D eigenvalue weighted by Gasteiger charge is 2.47. The molecule has 2 saturated heterocycles. The normalized spacial score (nSPS) is 24.8. The van der Waals surface area contributed by atoms with E-state index in [0.29, 0.717) is 13.0 Å². The quantitative estimate of drug-likeness (QED) is 0.0172. The first-order valence-corrected chi connectivity index (χ1v) is 30.7. The van der Waals surface area contributed by atoms with Crippen molar-refractivity contribution < 1.29 is 69.0 Å². The summed E-state index contributed by atoms with van der Waals surface area (Å²) in [6, 6.07) is 0. The average molecular weight is 1080 g/mol. The highest BCUT2D eigenvalue weighted by molar-refractivity contribution is 5.69. The van der Waals surface area contributed by atoms with Crippen LogP contribution in [0.4, 0.5) is 0 Å². The molecule has 444 valence electrons. The minimum atomic E-state index is -1.71. The summed E-state index contributed by atoms with van der Waals surface area (Å²) in [4.78, 5) is 13.1. The number of hydrogen-bond acceptors (Lipinski definition) is 14. The van der Waals surface area contributed by atoms with Crippen molar-refractivity contribution in [2.45, 2.75) is 306 Å². The van der Waals surface area contributed by atoms with Crippen molar-refractivity contribution in [2.24, 2.45) is 0 Å². The van der Waals surface area contributed by atoms with Crippen molar-refractivity contribution in [2.75, 3.05) is 33.0 Å². The zero-order chi connectivity index (χ0) is 55.1. The van der Waals surface area contributed by atoms with E-state index in [-0.39, 0.29) is 25.6 Å². The fourth-order valence-corrected chi connectivity index (χ4v) is 9.69. The molecule has 2 aliphatic rings. The fourth-order valence-electron chi connectivity index (χ4n) is 9.69. The van der Waals surface area contributed by atoms with Crippen LogP contribution in [0.1, 0.15) is 239 Å². The maximum absolute atomic E-state index is 13.1. The second kappa shape index (κ2) is 48.8. The van der Waals surface area contributed by atoms with Gasteiger partial charge in [0, 0.05) is 13.0 Å². The molecule has 0 saturated carbocycles. The topological polar surface area (TPSA) is 214 Å². The molecule has 14 nitrogen and oxygen atoms in total. The van der Waals surface area contributed by atoms with Gasteiger partial charge in [-0.15, -0.1) is 0 Å². The molecule has 0 aromatic carbocycles. The molecule has 11 atom stereocenters. The average Bonchev–Trinajstić information content (AvgIpc) is 3.42. The van der Waals surface area contributed by atoms with E-state index in [4.69, 9.17) is 28.4 Å². The van der Waals surface area contributed by atoms with E-state index in [9.17, 15) is 40.5 Å². The summed E-state index contributed by atoms with van der Waals surface area (Å²) in [5.74, 6) is -0.375. The summed E-state index contributed by atoms with van der Waals surface area (Å²) in [5.41, 5.74) is 0. The van der Waals surface area contributed by atoms with Crippen LogP contribution in [0.5, 0.6) is 0 Å². The number of ether oxygens (including phenoxy) is 6. The van der Waals surface area contributed by atoms with Gasteiger partial charge in [0.15, 0.2) is 12.6 Å². The highest BCUT2D eigenvalue weighted by Crippen LogP contribution is 2.27. The van der Waals surface area contributed by atoms with Crippen LogP contribution in [-0.2, 0) is 33.2 Å². The first-order chi connectivity index (χ1) is 37.1. The summed E-state index contributed by atoms with van der Waals surface area (Å²) >= 11 is 0. The first-order valence-electron chi connectivity index (χ1n) is 30.7. The molecule has 2 rings (SSSR count). The molecule has 0 aliphatic carbocycles. The van der Waals surface area contributed by atoms with Crippen LogP contribution in [0, 0.1) is 0 Å². The Morgan fingerprint density at radius 2 is 0.855 bits per heavy atom. The van der Waals surface area contributed by atoms with Crippen LogP contribution in [0.2, 0.25) is 0 Å². The molecule has 0 radical (unpaired) electrons. The lowest BCUT2D eigenvalue weighted by Crippen LogP contribution is -2.61. The van der Waals surface area contributed by atoms with E-state index in [1.54, 1.807) is 0 Å². The van der Waals surface area contributed by atoms with E-state index < -0.39 is 80.7 Å². The van der Waals surface area contributed by atoms with E-state index in [2.05, 4.69) is 62.5 Å². The van der Waals surface area contributed by atoms with Gasteiger partial charge in [-0.3, -0.25) is 4.79 Å². The van der Waals surface area contributed by atoms with E-state index >= 15 is 0 Å². The summed E-state index contributed by atoms with van der Waals surface area (Å²) in [5, 5.41) is 72.4. The molecule has 76 heavy (non-hydrogen) atoms. The second-order valence-electron chi connectivity index (χ2n) is 21.5. The van der Waals surface area contributed by atoms with Crippen LogP contribution < -0.4 is 0 Å². The standard InChI is InChI=1S/C62H112O14/c1-3-5-7-9-11-13-15-17-19-21-22-23-24-25-26-27-28-29-31-33-35-37-39-41-43-45-54(64)74-51(48-71-46-44-42-40-38-36-34-32-30-20-18-16-14-12-10-8-6-4-2)49-72-61-60(70)58(68)56(66)53(76-61)50-73-62-59(69)57(67)55(65)52(47-63)75-62/h5,7,11,13,17,19,22-23,51-53,55-63,65-70H,3-4,6,8-10,12,14-16,18,20-21,24-50H2,1-2H3/b7-5-,13-11-,19-17-,23-22-. The van der Waals surface area contributed by atoms with Gasteiger partial charge in [-0.1, -0.05) is 229 Å². The van der Waals surface area contributed by atoms with Gasteiger partial charge in [0.2, 0.25) is 0 Å². The first kappa shape index (κ1) is 70.1. The third kappa shape index (κ3) is 34.8. The highest BCUT2D eigenvalue weighted by atomic mass is 16.7. The predicted molar refractivity (Wildman–Crippen MR) is 303 cm³/mol. The molecule has 14 heteroatoms. The molecule has 2 aliphatic heterocycles. The van der Waals surface area contributed by atoms with Crippen LogP contribution in [0.25, 0.3) is 0 Å². The summed E-state index contributed by atoms with van der Waals surface area (Å²) in [6.45, 7) is 3.62. The van der Waals surface area contributed by atoms with Gasteiger partial charge < -0.3 is 64.2 Å². The Kier molecular flexibility index (Phi) is 45.0. The molecule has 0 amide bonds. The van der Waals surface area contributed by atoms with Gasteiger partial charge in [0.1, 0.15) is 54.9 Å². The Morgan fingerprint density at radius 1 is 0.447 bits per heavy atom. The summed E-state index contributed by atoms with van der Waals surface area (Å²) in [6.07, 6.45) is 43.1. The van der Waals surface area contributed by atoms with Crippen LogP contribution >= 0.6 is 0 Å². The van der Waals surface area contributed by atoms with Gasteiger partial charge in [-0.25, -0.2) is 0 Å². The number of hydrogen-bond donors (Lipinski definition) is 7. The van der Waals surface area contributed by atoms with Crippen molar-refractivity contribution in [3.8, 4) is 0 Å². The van der Waals surface area contributed by atoms with Gasteiger partial charge in [0.05, 0.1) is 26.4 Å². The van der Waals surface area contributed by atoms with Gasteiger partial charge >= 0.3 is 5.97 Å². The lowest BCUT2D eigenvalue weighted by molar-refractivity contribution is -0.332. The number of esters is 1. The monoisotopic (exact) mass is 1080 g/mol. The van der Waals surface area contributed by atoms with Crippen molar-refractivity contribution in [3.05, 3.63) is 48.6 Å². The maximum atomic E-state index is 13.1. The van der Waals surface area contributed by atoms with Crippen molar-refractivity contribution in [3.63, 3.8) is 0 Å². The molecule has 0 spiro atoms. The molecule has 0 aromatic heterocycles. The zero-order valence-corrected chi connectivity index (χ0v) is 47.7. The van der Waals surface area contributed by atoms with Gasteiger partial charge in [0.25, 0.3) is 0 Å². The number of rotatable bonds is 50. The fraction of sp³-hybridized carbons (Fsp3) is 0.855. The molecule has 0 bridgehead atoms. The van der Waals surface area contributed by atoms with Crippen molar-refractivity contribution in [1.82, 2.24) is 0 Å². The summed E-state index contributed by atoms with van der Waals surface area (Å²) < 4.78 is 34.5. The predicted octanol–water partition coefficient (Wildman–Crippen LogP) is 11.5. The zero-order valence-electron chi connectivity index (χ0n) is 47.7. The van der Waals surface area contributed by atoms with E-state index in [0.717, 1.165) is 70.6 Å². The minimum absolute atomic E-state index is 0.0638.